The topological polar surface area (TPSA) is 83.5 Å². The molecule has 4 nitrogen and oxygen atoms in total. The summed E-state index contributed by atoms with van der Waals surface area (Å²) in [5.74, 6) is -1.05. The summed E-state index contributed by atoms with van der Waals surface area (Å²) in [7, 11) is 0. The lowest BCUT2D eigenvalue weighted by Gasteiger charge is -2.21. The highest BCUT2D eigenvalue weighted by atomic mass is 16.4. The van der Waals surface area contributed by atoms with E-state index < -0.39 is 11.4 Å². The standard InChI is InChI=1S/C10H13NO3/c1-10(2,9(13)14)7-5-6(11)3-4-8(7)12/h3-5,12H,11H2,1-2H3,(H,13,14). The van der Waals surface area contributed by atoms with Crippen LogP contribution in [0.1, 0.15) is 19.4 Å². The molecule has 1 rings (SSSR count). The van der Waals surface area contributed by atoms with E-state index in [1.54, 1.807) is 0 Å². The van der Waals surface area contributed by atoms with Crippen LogP contribution < -0.4 is 5.73 Å². The van der Waals surface area contributed by atoms with Gasteiger partial charge in [-0.15, -0.1) is 0 Å². The molecule has 0 saturated heterocycles. The quantitative estimate of drug-likeness (QED) is 0.491. The van der Waals surface area contributed by atoms with Crippen LogP contribution in [0.4, 0.5) is 5.69 Å². The van der Waals surface area contributed by atoms with Crippen molar-refractivity contribution in [2.24, 2.45) is 0 Å². The smallest absolute Gasteiger partial charge is 0.313 e. The highest BCUT2D eigenvalue weighted by Gasteiger charge is 2.32. The Morgan fingerprint density at radius 2 is 2.00 bits per heavy atom. The fourth-order valence-electron chi connectivity index (χ4n) is 1.17. The number of phenolic OH excluding ortho intramolecular Hbond substituents is 1. The van der Waals surface area contributed by atoms with Crippen molar-refractivity contribution in [2.45, 2.75) is 19.3 Å². The molecule has 0 aliphatic rings. The molecule has 4 heteroatoms. The number of benzene rings is 1. The van der Waals surface area contributed by atoms with Crippen molar-refractivity contribution in [1.29, 1.82) is 0 Å². The molecular formula is C10H13NO3. The summed E-state index contributed by atoms with van der Waals surface area (Å²) in [5.41, 5.74) is 5.14. The van der Waals surface area contributed by atoms with Gasteiger partial charge >= 0.3 is 5.97 Å². The molecule has 0 saturated carbocycles. The Morgan fingerprint density at radius 1 is 1.43 bits per heavy atom. The average molecular weight is 195 g/mol. The number of carbonyl (C=O) groups is 1. The summed E-state index contributed by atoms with van der Waals surface area (Å²) >= 11 is 0. The van der Waals surface area contributed by atoms with Crippen molar-refractivity contribution in [3.8, 4) is 5.75 Å². The lowest BCUT2D eigenvalue weighted by molar-refractivity contribution is -0.142. The first-order valence-corrected chi connectivity index (χ1v) is 4.18. The lowest BCUT2D eigenvalue weighted by atomic mass is 9.84. The molecule has 0 radical (unpaired) electrons. The normalized spacial score (nSPS) is 11.3. The summed E-state index contributed by atoms with van der Waals surface area (Å²) < 4.78 is 0. The fraction of sp³-hybridized carbons (Fsp3) is 0.300. The number of aliphatic carboxylic acids is 1. The molecule has 76 valence electrons. The van der Waals surface area contributed by atoms with Crippen molar-refractivity contribution in [3.63, 3.8) is 0 Å². The molecule has 1 aromatic rings. The Morgan fingerprint density at radius 3 is 2.50 bits per heavy atom. The van der Waals surface area contributed by atoms with Gasteiger partial charge in [0.1, 0.15) is 5.75 Å². The van der Waals surface area contributed by atoms with E-state index in [0.29, 0.717) is 11.3 Å². The van der Waals surface area contributed by atoms with Crippen LogP contribution in [0.25, 0.3) is 0 Å². The van der Waals surface area contributed by atoms with E-state index in [4.69, 9.17) is 10.8 Å². The third-order valence-electron chi connectivity index (χ3n) is 2.23. The molecule has 0 spiro atoms. The molecule has 0 fully saturated rings. The highest BCUT2D eigenvalue weighted by molar-refractivity contribution is 5.81. The molecule has 0 amide bonds. The zero-order valence-corrected chi connectivity index (χ0v) is 8.11. The van der Waals surface area contributed by atoms with Crippen LogP contribution in [0, 0.1) is 0 Å². The van der Waals surface area contributed by atoms with E-state index in [1.807, 2.05) is 0 Å². The van der Waals surface area contributed by atoms with Crippen LogP contribution in [0.2, 0.25) is 0 Å². The van der Waals surface area contributed by atoms with Crippen LogP contribution in [0.3, 0.4) is 0 Å². The zero-order valence-electron chi connectivity index (χ0n) is 8.11. The minimum Gasteiger partial charge on any atom is -0.508 e. The molecule has 0 atom stereocenters. The Labute approximate surface area is 82.0 Å². The summed E-state index contributed by atoms with van der Waals surface area (Å²) in [5, 5.41) is 18.5. The maximum atomic E-state index is 10.9. The largest absolute Gasteiger partial charge is 0.508 e. The van der Waals surface area contributed by atoms with Gasteiger partial charge in [-0.3, -0.25) is 4.79 Å². The molecule has 0 heterocycles. The first-order valence-electron chi connectivity index (χ1n) is 4.18. The summed E-state index contributed by atoms with van der Waals surface area (Å²) in [6.07, 6.45) is 0. The Hall–Kier alpha value is -1.71. The molecule has 0 aliphatic carbocycles. The number of hydrogen-bond donors (Lipinski definition) is 3. The highest BCUT2D eigenvalue weighted by Crippen LogP contribution is 2.32. The Balaban J connectivity index is 3.31. The summed E-state index contributed by atoms with van der Waals surface area (Å²) in [4.78, 5) is 10.9. The van der Waals surface area contributed by atoms with Crippen LogP contribution in [-0.2, 0) is 10.2 Å². The SMILES string of the molecule is CC(C)(C(=O)O)c1cc(N)ccc1O. The van der Waals surface area contributed by atoms with Crippen molar-refractivity contribution >= 4 is 11.7 Å². The van der Waals surface area contributed by atoms with Crippen LogP contribution in [-0.4, -0.2) is 16.2 Å². The van der Waals surface area contributed by atoms with Gasteiger partial charge in [-0.05, 0) is 32.0 Å². The third-order valence-corrected chi connectivity index (χ3v) is 2.23. The molecule has 0 bridgehead atoms. The first-order chi connectivity index (χ1) is 6.35. The second-order valence-corrected chi connectivity index (χ2v) is 3.71. The molecular weight excluding hydrogens is 182 g/mol. The predicted molar refractivity (Wildman–Crippen MR) is 53.2 cm³/mol. The number of carboxylic acid groups (broad SMARTS) is 1. The van der Waals surface area contributed by atoms with Gasteiger partial charge in [-0.1, -0.05) is 0 Å². The molecule has 0 aliphatic heterocycles. The number of anilines is 1. The molecule has 4 N–H and O–H groups in total. The predicted octanol–water partition coefficient (Wildman–Crippen LogP) is 1.34. The van der Waals surface area contributed by atoms with E-state index >= 15 is 0 Å². The van der Waals surface area contributed by atoms with Gasteiger partial charge in [-0.2, -0.15) is 0 Å². The van der Waals surface area contributed by atoms with Crippen molar-refractivity contribution in [2.75, 3.05) is 5.73 Å². The van der Waals surface area contributed by atoms with Gasteiger partial charge in [0.2, 0.25) is 0 Å². The molecule has 0 aromatic heterocycles. The number of aromatic hydroxyl groups is 1. The molecule has 14 heavy (non-hydrogen) atoms. The minimum atomic E-state index is -1.14. The Kier molecular flexibility index (Phi) is 2.38. The molecule has 1 aromatic carbocycles. The van der Waals surface area contributed by atoms with E-state index in [-0.39, 0.29) is 5.75 Å². The van der Waals surface area contributed by atoms with Gasteiger partial charge < -0.3 is 15.9 Å². The average Bonchev–Trinajstić information content (AvgIpc) is 2.08. The van der Waals surface area contributed by atoms with Crippen molar-refractivity contribution in [1.82, 2.24) is 0 Å². The van der Waals surface area contributed by atoms with Gasteiger partial charge in [0, 0.05) is 11.3 Å². The van der Waals surface area contributed by atoms with E-state index in [9.17, 15) is 9.90 Å². The van der Waals surface area contributed by atoms with E-state index in [0.717, 1.165) is 0 Å². The monoisotopic (exact) mass is 195 g/mol. The number of rotatable bonds is 2. The maximum absolute atomic E-state index is 10.9. The Bertz CT molecular complexity index is 372. The number of nitrogens with two attached hydrogens (primary N) is 1. The zero-order chi connectivity index (χ0) is 10.9. The van der Waals surface area contributed by atoms with Gasteiger partial charge in [0.05, 0.1) is 5.41 Å². The van der Waals surface area contributed by atoms with Crippen LogP contribution in [0.15, 0.2) is 18.2 Å². The van der Waals surface area contributed by atoms with E-state index in [1.165, 1.54) is 32.0 Å². The second-order valence-electron chi connectivity index (χ2n) is 3.71. The summed E-state index contributed by atoms with van der Waals surface area (Å²) in [6, 6.07) is 4.40. The first kappa shape index (κ1) is 10.4. The summed E-state index contributed by atoms with van der Waals surface area (Å²) in [6.45, 7) is 3.04. The third kappa shape index (κ3) is 1.64. The van der Waals surface area contributed by atoms with Crippen LogP contribution in [0.5, 0.6) is 5.75 Å². The maximum Gasteiger partial charge on any atom is 0.313 e. The minimum absolute atomic E-state index is 0.0494. The van der Waals surface area contributed by atoms with Crippen molar-refractivity contribution < 1.29 is 15.0 Å². The van der Waals surface area contributed by atoms with Gasteiger partial charge in [0.15, 0.2) is 0 Å². The number of phenols is 1. The van der Waals surface area contributed by atoms with Crippen molar-refractivity contribution in [3.05, 3.63) is 23.8 Å². The fourth-order valence-corrected chi connectivity index (χ4v) is 1.17. The second kappa shape index (κ2) is 3.21. The lowest BCUT2D eigenvalue weighted by Crippen LogP contribution is -2.28. The molecule has 0 unspecified atom stereocenters. The van der Waals surface area contributed by atoms with Crippen LogP contribution >= 0.6 is 0 Å². The number of nitrogen functional groups attached to an aromatic ring is 1. The van der Waals surface area contributed by atoms with Gasteiger partial charge in [-0.25, -0.2) is 0 Å². The van der Waals surface area contributed by atoms with Gasteiger partial charge in [0.25, 0.3) is 0 Å². The number of carboxylic acids is 1. The van der Waals surface area contributed by atoms with E-state index in [2.05, 4.69) is 0 Å². The number of hydrogen-bond acceptors (Lipinski definition) is 3.